The Morgan fingerprint density at radius 1 is 1.56 bits per heavy atom. The van der Waals surface area contributed by atoms with Crippen molar-refractivity contribution in [1.82, 2.24) is 10.3 Å². The van der Waals surface area contributed by atoms with Crippen LogP contribution >= 0.6 is 11.3 Å². The van der Waals surface area contributed by atoms with Gasteiger partial charge in [0.15, 0.2) is 0 Å². The van der Waals surface area contributed by atoms with Crippen LogP contribution in [0.4, 0.5) is 0 Å². The Morgan fingerprint density at radius 3 is 2.72 bits per heavy atom. The Hall–Kier alpha value is -1.47. The normalized spacial score (nSPS) is 11.3. The molecule has 7 heteroatoms. The number of hydrogen-bond donors (Lipinski definition) is 3. The van der Waals surface area contributed by atoms with Crippen molar-refractivity contribution in [2.75, 3.05) is 0 Å². The summed E-state index contributed by atoms with van der Waals surface area (Å²) in [5.74, 6) is -1.18. The zero-order valence-electron chi connectivity index (χ0n) is 10.4. The number of carboxylic acid groups (broad SMARTS) is 1. The number of carbonyl (C=O) groups is 2. The van der Waals surface area contributed by atoms with Crippen molar-refractivity contribution in [1.29, 1.82) is 0 Å². The number of amides is 1. The second-order valence-electron chi connectivity index (χ2n) is 4.56. The highest BCUT2D eigenvalue weighted by Crippen LogP contribution is 2.14. The maximum Gasteiger partial charge on any atom is 0.303 e. The van der Waals surface area contributed by atoms with Crippen molar-refractivity contribution in [3.63, 3.8) is 0 Å². The summed E-state index contributed by atoms with van der Waals surface area (Å²) in [6.45, 7) is 3.87. The van der Waals surface area contributed by atoms with E-state index in [-0.39, 0.29) is 12.3 Å². The van der Waals surface area contributed by atoms with Crippen molar-refractivity contribution >= 4 is 23.2 Å². The minimum atomic E-state index is -0.878. The summed E-state index contributed by atoms with van der Waals surface area (Å²) in [6.07, 6.45) is 0.375. The molecule has 4 N–H and O–H groups in total. The van der Waals surface area contributed by atoms with E-state index in [4.69, 9.17) is 10.8 Å². The fraction of sp³-hybridized carbons (Fsp3) is 0.545. The van der Waals surface area contributed by atoms with Crippen molar-refractivity contribution in [2.24, 2.45) is 5.73 Å². The smallest absolute Gasteiger partial charge is 0.303 e. The van der Waals surface area contributed by atoms with E-state index in [1.807, 2.05) is 0 Å². The molecule has 0 unspecified atom stereocenters. The maximum absolute atomic E-state index is 11.9. The Morgan fingerprint density at radius 2 is 2.22 bits per heavy atom. The molecule has 18 heavy (non-hydrogen) atoms. The summed E-state index contributed by atoms with van der Waals surface area (Å²) >= 11 is 1.33. The SMILES string of the molecule is CC(C)(CCC(=O)O)NC(=O)c1csc(CN)n1. The number of aromatic nitrogens is 1. The first-order valence-corrected chi connectivity index (χ1v) is 6.41. The number of rotatable bonds is 6. The van der Waals surface area contributed by atoms with Gasteiger partial charge in [-0.05, 0) is 20.3 Å². The molecule has 0 fully saturated rings. The molecule has 0 saturated carbocycles. The number of aliphatic carboxylic acids is 1. The lowest BCUT2D eigenvalue weighted by molar-refractivity contribution is -0.137. The highest BCUT2D eigenvalue weighted by molar-refractivity contribution is 7.09. The average molecular weight is 271 g/mol. The molecule has 100 valence electrons. The minimum absolute atomic E-state index is 0.0123. The largest absolute Gasteiger partial charge is 0.481 e. The molecule has 1 aromatic heterocycles. The van der Waals surface area contributed by atoms with Crippen LogP contribution in [0.1, 0.15) is 42.2 Å². The summed E-state index contributed by atoms with van der Waals surface area (Å²) in [4.78, 5) is 26.5. The molecule has 0 aromatic carbocycles. The van der Waals surface area contributed by atoms with Gasteiger partial charge >= 0.3 is 5.97 Å². The first-order chi connectivity index (χ1) is 8.34. The number of thiazole rings is 1. The number of nitrogens with one attached hydrogen (secondary N) is 1. The fourth-order valence-corrected chi connectivity index (χ4v) is 2.02. The van der Waals surface area contributed by atoms with E-state index < -0.39 is 11.5 Å². The highest BCUT2D eigenvalue weighted by Gasteiger charge is 2.23. The quantitative estimate of drug-likeness (QED) is 0.715. The van der Waals surface area contributed by atoms with Crippen LogP contribution in [0.3, 0.4) is 0 Å². The molecule has 0 aliphatic rings. The Kier molecular flexibility index (Phi) is 4.80. The predicted molar refractivity (Wildman–Crippen MR) is 68.4 cm³/mol. The van der Waals surface area contributed by atoms with E-state index >= 15 is 0 Å². The lowest BCUT2D eigenvalue weighted by Gasteiger charge is -2.25. The summed E-state index contributed by atoms with van der Waals surface area (Å²) in [5.41, 5.74) is 5.16. The lowest BCUT2D eigenvalue weighted by atomic mass is 9.98. The zero-order chi connectivity index (χ0) is 13.8. The fourth-order valence-electron chi connectivity index (χ4n) is 1.36. The van der Waals surface area contributed by atoms with Crippen LogP contribution in [0.5, 0.6) is 0 Å². The van der Waals surface area contributed by atoms with Gasteiger partial charge in [0.25, 0.3) is 5.91 Å². The van der Waals surface area contributed by atoms with Crippen LogP contribution in [0.2, 0.25) is 0 Å². The third kappa shape index (κ3) is 4.42. The van der Waals surface area contributed by atoms with Crippen molar-refractivity contribution < 1.29 is 14.7 Å². The third-order valence-corrected chi connectivity index (χ3v) is 3.25. The molecule has 1 heterocycles. The van der Waals surface area contributed by atoms with Gasteiger partial charge in [-0.2, -0.15) is 0 Å². The van der Waals surface area contributed by atoms with Crippen molar-refractivity contribution in [3.05, 3.63) is 16.1 Å². The van der Waals surface area contributed by atoms with E-state index in [0.29, 0.717) is 23.7 Å². The monoisotopic (exact) mass is 271 g/mol. The van der Waals surface area contributed by atoms with Crippen LogP contribution in [-0.4, -0.2) is 27.5 Å². The number of carboxylic acids is 1. The van der Waals surface area contributed by atoms with Gasteiger partial charge in [-0.15, -0.1) is 11.3 Å². The zero-order valence-corrected chi connectivity index (χ0v) is 11.2. The second kappa shape index (κ2) is 5.92. The van der Waals surface area contributed by atoms with E-state index in [0.717, 1.165) is 0 Å². The second-order valence-corrected chi connectivity index (χ2v) is 5.51. The molecule has 0 spiro atoms. The molecule has 6 nitrogen and oxygen atoms in total. The van der Waals surface area contributed by atoms with Crippen LogP contribution in [-0.2, 0) is 11.3 Å². The van der Waals surface area contributed by atoms with Gasteiger partial charge in [-0.3, -0.25) is 9.59 Å². The van der Waals surface area contributed by atoms with Crippen molar-refractivity contribution in [3.8, 4) is 0 Å². The summed E-state index contributed by atoms with van der Waals surface area (Å²) in [7, 11) is 0. The highest BCUT2D eigenvalue weighted by atomic mass is 32.1. The van der Waals surface area contributed by atoms with E-state index in [9.17, 15) is 9.59 Å². The topological polar surface area (TPSA) is 105 Å². The summed E-state index contributed by atoms with van der Waals surface area (Å²) in [5, 5.41) is 13.7. The molecule has 0 saturated heterocycles. The van der Waals surface area contributed by atoms with Gasteiger partial charge in [0.2, 0.25) is 0 Å². The Bertz CT molecular complexity index is 442. The van der Waals surface area contributed by atoms with Gasteiger partial charge in [0.05, 0.1) is 0 Å². The number of carbonyl (C=O) groups excluding carboxylic acids is 1. The molecule has 0 aliphatic heterocycles. The van der Waals surface area contributed by atoms with E-state index in [2.05, 4.69) is 10.3 Å². The molecule has 0 bridgehead atoms. The summed E-state index contributed by atoms with van der Waals surface area (Å²) < 4.78 is 0. The van der Waals surface area contributed by atoms with Gasteiger partial charge in [-0.1, -0.05) is 0 Å². The molecule has 1 aromatic rings. The van der Waals surface area contributed by atoms with Crippen LogP contribution in [0.25, 0.3) is 0 Å². The maximum atomic E-state index is 11.9. The third-order valence-electron chi connectivity index (χ3n) is 2.37. The Labute approximate surface area is 109 Å². The molecule has 1 rings (SSSR count). The van der Waals surface area contributed by atoms with Crippen LogP contribution < -0.4 is 11.1 Å². The molecule has 0 radical (unpaired) electrons. The van der Waals surface area contributed by atoms with Gasteiger partial charge in [0.1, 0.15) is 10.7 Å². The van der Waals surface area contributed by atoms with Gasteiger partial charge in [-0.25, -0.2) is 4.98 Å². The molecule has 0 aliphatic carbocycles. The number of hydrogen-bond acceptors (Lipinski definition) is 5. The lowest BCUT2D eigenvalue weighted by Crippen LogP contribution is -2.43. The first kappa shape index (κ1) is 14.6. The summed E-state index contributed by atoms with van der Waals surface area (Å²) in [6, 6.07) is 0. The molecule has 0 atom stereocenters. The first-order valence-electron chi connectivity index (χ1n) is 5.53. The predicted octanol–water partition coefficient (Wildman–Crippen LogP) is 0.975. The van der Waals surface area contributed by atoms with Gasteiger partial charge < -0.3 is 16.2 Å². The molecule has 1 amide bonds. The molecular weight excluding hydrogens is 254 g/mol. The van der Waals surface area contributed by atoms with E-state index in [1.165, 1.54) is 11.3 Å². The van der Waals surface area contributed by atoms with E-state index in [1.54, 1.807) is 19.2 Å². The Balaban J connectivity index is 2.60. The standard InChI is InChI=1S/C11H17N3O3S/c1-11(2,4-3-9(15)16)14-10(17)7-6-18-8(5-12)13-7/h6H,3-5,12H2,1-2H3,(H,14,17)(H,15,16). The van der Waals surface area contributed by atoms with Crippen LogP contribution in [0.15, 0.2) is 5.38 Å². The number of nitrogens with two attached hydrogens (primary N) is 1. The van der Waals surface area contributed by atoms with Gasteiger partial charge in [0, 0.05) is 23.9 Å². The number of nitrogens with zero attached hydrogens (tertiary/aromatic N) is 1. The van der Waals surface area contributed by atoms with Crippen molar-refractivity contribution in [2.45, 2.75) is 38.8 Å². The molecular formula is C11H17N3O3S. The van der Waals surface area contributed by atoms with Crippen LogP contribution in [0, 0.1) is 0 Å². The average Bonchev–Trinajstić information content (AvgIpc) is 2.74. The minimum Gasteiger partial charge on any atom is -0.481 e.